The zero-order chi connectivity index (χ0) is 18.9. The van der Waals surface area contributed by atoms with Gasteiger partial charge in [-0.2, -0.15) is 0 Å². The van der Waals surface area contributed by atoms with Crippen LogP contribution in [-0.2, 0) is 33.3 Å². The Morgan fingerprint density at radius 3 is 1.83 bits per heavy atom. The van der Waals surface area contributed by atoms with Crippen LogP contribution < -0.4 is 0 Å². The number of hydrogen-bond acceptors (Lipinski definition) is 12. The molecule has 0 aromatic rings. The van der Waals surface area contributed by atoms with Gasteiger partial charge in [0.25, 0.3) is 0 Å². The van der Waals surface area contributed by atoms with Crippen LogP contribution in [0.1, 0.15) is 20.8 Å². The largest absolute Gasteiger partial charge is 0.433 e. The average molecular weight is 354 g/mol. The molecule has 24 heavy (non-hydrogen) atoms. The molecule has 1 aliphatic rings. The van der Waals surface area contributed by atoms with Crippen LogP contribution in [-0.4, -0.2) is 79.8 Å². The second-order valence-electron chi connectivity index (χ2n) is 4.98. The second-order valence-corrected chi connectivity index (χ2v) is 4.98. The quantitative estimate of drug-likeness (QED) is 0.190. The predicted molar refractivity (Wildman–Crippen MR) is 68.1 cm³/mol. The van der Waals surface area contributed by atoms with Crippen LogP contribution in [0.3, 0.4) is 0 Å². The van der Waals surface area contributed by atoms with Gasteiger partial charge in [0.1, 0.15) is 0 Å². The monoisotopic (exact) mass is 354 g/mol. The Morgan fingerprint density at radius 2 is 1.42 bits per heavy atom. The Labute approximate surface area is 135 Å². The number of hydrogen-bond donors (Lipinski definition) is 5. The van der Waals surface area contributed by atoms with Gasteiger partial charge < -0.3 is 44.5 Å². The van der Waals surface area contributed by atoms with E-state index in [1.807, 2.05) is 0 Å². The summed E-state index contributed by atoms with van der Waals surface area (Å²) >= 11 is 0. The lowest BCUT2D eigenvalue weighted by Crippen LogP contribution is -2.77. The minimum absolute atomic E-state index is 0.776. The first-order valence-electron chi connectivity index (χ1n) is 6.56. The van der Waals surface area contributed by atoms with Gasteiger partial charge in [-0.3, -0.25) is 14.4 Å². The number of ether oxygens (including phenoxy) is 4. The summed E-state index contributed by atoms with van der Waals surface area (Å²) in [5, 5.41) is 50.3. The third-order valence-corrected chi connectivity index (χ3v) is 3.01. The van der Waals surface area contributed by atoms with Crippen LogP contribution in [0.2, 0.25) is 0 Å². The number of aliphatic hydroxyl groups excluding tert-OH is 3. The highest BCUT2D eigenvalue weighted by molar-refractivity contribution is 5.68. The van der Waals surface area contributed by atoms with E-state index in [1.54, 1.807) is 0 Å². The molecule has 1 heterocycles. The SMILES string of the molecule is CC(=O)OC(O)[C@H]1OC(O)[C@@](O)(OC(C)=O)[C@](O)(OC(C)=O)[C@@H]1O. The summed E-state index contributed by atoms with van der Waals surface area (Å²) in [5.41, 5.74) is 0. The molecular weight excluding hydrogens is 336 g/mol. The summed E-state index contributed by atoms with van der Waals surface area (Å²) in [5.74, 6) is -10.4. The van der Waals surface area contributed by atoms with Gasteiger partial charge in [-0.1, -0.05) is 0 Å². The lowest BCUT2D eigenvalue weighted by atomic mass is 9.90. The standard InChI is InChI=1S/C12H18O12/c1-4(13)21-9(17)7-8(16)11(19,23-5(2)14)12(20,10(18)22-7)24-6(3)15/h7-10,16-20H,1-3H3/t7-,8+,9?,10?,11+,12+/m0/s1. The van der Waals surface area contributed by atoms with E-state index in [2.05, 4.69) is 18.9 Å². The summed E-state index contributed by atoms with van der Waals surface area (Å²) in [6, 6.07) is 0. The molecule has 0 aromatic carbocycles. The molecular formula is C12H18O12. The van der Waals surface area contributed by atoms with E-state index in [4.69, 9.17) is 0 Å². The van der Waals surface area contributed by atoms with E-state index in [1.165, 1.54) is 0 Å². The molecule has 0 radical (unpaired) electrons. The summed E-state index contributed by atoms with van der Waals surface area (Å²) in [6.45, 7) is 2.46. The van der Waals surface area contributed by atoms with Crippen molar-refractivity contribution < 1.29 is 58.9 Å². The highest BCUT2D eigenvalue weighted by Crippen LogP contribution is 2.40. The van der Waals surface area contributed by atoms with Crippen molar-refractivity contribution in [1.29, 1.82) is 0 Å². The maximum absolute atomic E-state index is 11.2. The van der Waals surface area contributed by atoms with Gasteiger partial charge in [-0.25, -0.2) is 0 Å². The Kier molecular flexibility index (Phi) is 5.86. The molecule has 1 saturated heterocycles. The first-order chi connectivity index (χ1) is 10.8. The van der Waals surface area contributed by atoms with Crippen LogP contribution in [0.15, 0.2) is 0 Å². The molecule has 0 aliphatic carbocycles. The van der Waals surface area contributed by atoms with Crippen LogP contribution in [0.5, 0.6) is 0 Å². The fourth-order valence-corrected chi connectivity index (χ4v) is 2.08. The predicted octanol–water partition coefficient (Wildman–Crippen LogP) is -3.55. The molecule has 1 aliphatic heterocycles. The van der Waals surface area contributed by atoms with Crippen LogP contribution in [0.25, 0.3) is 0 Å². The molecule has 138 valence electrons. The Hall–Kier alpha value is -1.83. The maximum atomic E-state index is 11.2. The van der Waals surface area contributed by atoms with Crippen molar-refractivity contribution in [2.45, 2.75) is 57.1 Å². The third kappa shape index (κ3) is 3.63. The van der Waals surface area contributed by atoms with Crippen molar-refractivity contribution in [3.8, 4) is 0 Å². The summed E-state index contributed by atoms with van der Waals surface area (Å²) < 4.78 is 17.8. The van der Waals surface area contributed by atoms with E-state index < -0.39 is 54.3 Å². The molecule has 12 nitrogen and oxygen atoms in total. The van der Waals surface area contributed by atoms with Crippen molar-refractivity contribution in [1.82, 2.24) is 0 Å². The van der Waals surface area contributed by atoms with Gasteiger partial charge in [0, 0.05) is 20.8 Å². The molecule has 1 rings (SSSR count). The Balaban J connectivity index is 3.30. The van der Waals surface area contributed by atoms with E-state index in [-0.39, 0.29) is 0 Å². The maximum Gasteiger partial charge on any atom is 0.331 e. The first-order valence-corrected chi connectivity index (χ1v) is 6.56. The lowest BCUT2D eigenvalue weighted by molar-refractivity contribution is -0.482. The van der Waals surface area contributed by atoms with Crippen LogP contribution in [0.4, 0.5) is 0 Å². The van der Waals surface area contributed by atoms with Gasteiger partial charge >= 0.3 is 29.5 Å². The molecule has 5 N–H and O–H groups in total. The number of rotatable bonds is 4. The number of carbonyl (C=O) groups is 3. The van der Waals surface area contributed by atoms with Crippen molar-refractivity contribution >= 4 is 17.9 Å². The van der Waals surface area contributed by atoms with Gasteiger partial charge in [0.2, 0.25) is 12.6 Å². The molecule has 12 heteroatoms. The molecule has 1 fully saturated rings. The molecule has 0 saturated carbocycles. The topological polar surface area (TPSA) is 189 Å². The van der Waals surface area contributed by atoms with Crippen LogP contribution >= 0.6 is 0 Å². The second kappa shape index (κ2) is 6.96. The number of esters is 3. The Morgan fingerprint density at radius 1 is 0.958 bits per heavy atom. The normalized spacial score (nSPS) is 37.2. The number of carbonyl (C=O) groups excluding carboxylic acids is 3. The van der Waals surface area contributed by atoms with E-state index in [9.17, 15) is 39.9 Å². The average Bonchev–Trinajstić information content (AvgIpc) is 2.39. The van der Waals surface area contributed by atoms with Gasteiger partial charge in [-0.15, -0.1) is 0 Å². The van der Waals surface area contributed by atoms with E-state index in [0.717, 1.165) is 20.8 Å². The van der Waals surface area contributed by atoms with E-state index >= 15 is 0 Å². The molecule has 0 spiro atoms. The zero-order valence-electron chi connectivity index (χ0n) is 12.9. The first kappa shape index (κ1) is 20.2. The summed E-state index contributed by atoms with van der Waals surface area (Å²) in [6.07, 6.45) is -9.38. The van der Waals surface area contributed by atoms with Gasteiger partial charge in [0.15, 0.2) is 12.2 Å². The Bertz CT molecular complexity index is 520. The minimum Gasteiger partial charge on any atom is -0.433 e. The number of aliphatic hydroxyl groups is 5. The highest BCUT2D eigenvalue weighted by Gasteiger charge is 2.72. The smallest absolute Gasteiger partial charge is 0.331 e. The van der Waals surface area contributed by atoms with Crippen molar-refractivity contribution in [3.63, 3.8) is 0 Å². The van der Waals surface area contributed by atoms with Gasteiger partial charge in [-0.05, 0) is 0 Å². The third-order valence-electron chi connectivity index (χ3n) is 3.01. The van der Waals surface area contributed by atoms with Crippen molar-refractivity contribution in [2.75, 3.05) is 0 Å². The molecule has 0 aromatic heterocycles. The molecule has 0 amide bonds. The highest BCUT2D eigenvalue weighted by atomic mass is 16.8. The molecule has 6 atom stereocenters. The minimum atomic E-state index is -3.45. The fourth-order valence-electron chi connectivity index (χ4n) is 2.08. The summed E-state index contributed by atoms with van der Waals surface area (Å²) in [7, 11) is 0. The molecule has 2 unspecified atom stereocenters. The van der Waals surface area contributed by atoms with Crippen LogP contribution in [0, 0.1) is 0 Å². The zero-order valence-corrected chi connectivity index (χ0v) is 12.9. The lowest BCUT2D eigenvalue weighted by Gasteiger charge is -2.51. The molecule has 0 bridgehead atoms. The van der Waals surface area contributed by atoms with Gasteiger partial charge in [0.05, 0.1) is 0 Å². The van der Waals surface area contributed by atoms with Crippen molar-refractivity contribution in [3.05, 3.63) is 0 Å². The fraction of sp³-hybridized carbons (Fsp3) is 0.750. The summed E-state index contributed by atoms with van der Waals surface area (Å²) in [4.78, 5) is 33.1. The van der Waals surface area contributed by atoms with E-state index in [0.29, 0.717) is 0 Å². The van der Waals surface area contributed by atoms with Crippen molar-refractivity contribution in [2.24, 2.45) is 0 Å².